The monoisotopic (exact) mass is 369 g/mol. The highest BCUT2D eigenvalue weighted by Gasteiger charge is 2.15. The van der Waals surface area contributed by atoms with Gasteiger partial charge in [-0.2, -0.15) is 0 Å². The first-order valence-corrected chi connectivity index (χ1v) is 10.1. The molecule has 2 N–H and O–H groups in total. The quantitative estimate of drug-likeness (QED) is 0.738. The van der Waals surface area contributed by atoms with Crippen molar-refractivity contribution < 1.29 is 4.79 Å². The lowest BCUT2D eigenvalue weighted by atomic mass is 10.0. The molecule has 0 bridgehead atoms. The van der Waals surface area contributed by atoms with Crippen molar-refractivity contribution in [3.05, 3.63) is 45.7 Å². The maximum absolute atomic E-state index is 12.2. The van der Waals surface area contributed by atoms with E-state index in [0.29, 0.717) is 24.9 Å². The summed E-state index contributed by atoms with van der Waals surface area (Å²) < 4.78 is 0. The van der Waals surface area contributed by atoms with Crippen LogP contribution in [0, 0.1) is 12.8 Å². The van der Waals surface area contributed by atoms with Gasteiger partial charge in [0.05, 0.1) is 0 Å². The van der Waals surface area contributed by atoms with Gasteiger partial charge >= 0.3 is 0 Å². The van der Waals surface area contributed by atoms with Gasteiger partial charge in [0.1, 0.15) is 0 Å². The lowest BCUT2D eigenvalue weighted by molar-refractivity contribution is -0.121. The van der Waals surface area contributed by atoms with Gasteiger partial charge in [-0.3, -0.25) is 9.59 Å². The number of hydrogen-bond donors (Lipinski definition) is 2. The van der Waals surface area contributed by atoms with Gasteiger partial charge in [0.15, 0.2) is 0 Å². The SMILES string of the molecule is Cc1ccc2[nH]c(=O)c(CCC(=O)NCCCN3CCC[C@@H](C)C3)cc2c1. The van der Waals surface area contributed by atoms with Gasteiger partial charge in [-0.15, -0.1) is 0 Å². The number of aryl methyl sites for hydroxylation is 2. The molecular weight excluding hydrogens is 338 g/mol. The van der Waals surface area contributed by atoms with E-state index in [2.05, 4.69) is 28.2 Å². The van der Waals surface area contributed by atoms with Crippen molar-refractivity contribution in [2.24, 2.45) is 5.92 Å². The largest absolute Gasteiger partial charge is 0.356 e. The molecule has 3 rings (SSSR count). The molecule has 146 valence electrons. The van der Waals surface area contributed by atoms with Gasteiger partial charge in [-0.1, -0.05) is 18.6 Å². The number of carbonyl (C=O) groups excluding carboxylic acids is 1. The molecule has 0 saturated carbocycles. The van der Waals surface area contributed by atoms with Gasteiger partial charge < -0.3 is 15.2 Å². The van der Waals surface area contributed by atoms with Crippen LogP contribution in [0.5, 0.6) is 0 Å². The van der Waals surface area contributed by atoms with Crippen LogP contribution < -0.4 is 10.9 Å². The second-order valence-corrected chi connectivity index (χ2v) is 7.97. The van der Waals surface area contributed by atoms with Gasteiger partial charge in [0.2, 0.25) is 5.91 Å². The molecule has 1 amide bonds. The van der Waals surface area contributed by atoms with E-state index in [1.54, 1.807) is 0 Å². The summed E-state index contributed by atoms with van der Waals surface area (Å²) >= 11 is 0. The predicted molar refractivity (Wildman–Crippen MR) is 110 cm³/mol. The van der Waals surface area contributed by atoms with Gasteiger partial charge in [-0.25, -0.2) is 0 Å². The maximum atomic E-state index is 12.2. The van der Waals surface area contributed by atoms with Crippen LogP contribution in [0.1, 0.15) is 43.7 Å². The summed E-state index contributed by atoms with van der Waals surface area (Å²) in [5.74, 6) is 0.808. The Kier molecular flexibility index (Phi) is 6.67. The van der Waals surface area contributed by atoms with Crippen molar-refractivity contribution in [1.82, 2.24) is 15.2 Å². The topological polar surface area (TPSA) is 65.2 Å². The van der Waals surface area contributed by atoms with Crippen LogP contribution in [0.15, 0.2) is 29.1 Å². The lowest BCUT2D eigenvalue weighted by Gasteiger charge is -2.30. The number of nitrogens with zero attached hydrogens (tertiary/aromatic N) is 1. The number of aromatic nitrogens is 1. The molecule has 1 aromatic carbocycles. The van der Waals surface area contributed by atoms with Gasteiger partial charge in [0.25, 0.3) is 5.56 Å². The molecule has 0 aliphatic carbocycles. The van der Waals surface area contributed by atoms with E-state index >= 15 is 0 Å². The third kappa shape index (κ3) is 5.67. The second-order valence-electron chi connectivity index (χ2n) is 7.97. The van der Waals surface area contributed by atoms with Gasteiger partial charge in [0, 0.05) is 30.6 Å². The van der Waals surface area contributed by atoms with Crippen molar-refractivity contribution in [2.75, 3.05) is 26.2 Å². The van der Waals surface area contributed by atoms with E-state index in [9.17, 15) is 9.59 Å². The zero-order valence-corrected chi connectivity index (χ0v) is 16.5. The highest BCUT2D eigenvalue weighted by molar-refractivity contribution is 5.80. The zero-order valence-electron chi connectivity index (χ0n) is 16.5. The number of pyridine rings is 1. The van der Waals surface area contributed by atoms with Crippen molar-refractivity contribution in [3.63, 3.8) is 0 Å². The molecule has 2 heterocycles. The van der Waals surface area contributed by atoms with E-state index in [1.165, 1.54) is 25.9 Å². The molecule has 1 saturated heterocycles. The Hall–Kier alpha value is -2.14. The molecule has 1 fully saturated rings. The highest BCUT2D eigenvalue weighted by atomic mass is 16.1. The Morgan fingerprint density at radius 2 is 2.19 bits per heavy atom. The molecule has 0 radical (unpaired) electrons. The maximum Gasteiger partial charge on any atom is 0.251 e. The van der Waals surface area contributed by atoms with E-state index in [-0.39, 0.29) is 11.5 Å². The molecule has 1 aliphatic rings. The second kappa shape index (κ2) is 9.18. The number of rotatable bonds is 7. The number of fused-ring (bicyclic) bond motifs is 1. The predicted octanol–water partition coefficient (Wildman–Crippen LogP) is 3.01. The van der Waals surface area contributed by atoms with Gasteiger partial charge in [-0.05, 0) is 75.2 Å². The Morgan fingerprint density at radius 1 is 1.33 bits per heavy atom. The summed E-state index contributed by atoms with van der Waals surface area (Å²) in [5.41, 5.74) is 2.57. The number of nitrogens with one attached hydrogen (secondary N) is 2. The molecule has 0 unspecified atom stereocenters. The standard InChI is InChI=1S/C22H31N3O2/c1-16-6-8-20-19(13-16)14-18(22(27)24-20)7-9-21(26)23-10-4-12-25-11-3-5-17(2)15-25/h6,8,13-14,17H,3-5,7,9-12,15H2,1-2H3,(H,23,26)(H,24,27)/t17-/m1/s1. The molecule has 5 nitrogen and oxygen atoms in total. The number of aromatic amines is 1. The van der Waals surface area contributed by atoms with Crippen LogP contribution in [-0.4, -0.2) is 42.0 Å². The number of hydrogen-bond acceptors (Lipinski definition) is 3. The fourth-order valence-corrected chi connectivity index (χ4v) is 3.91. The molecule has 0 spiro atoms. The Bertz CT molecular complexity index is 843. The lowest BCUT2D eigenvalue weighted by Crippen LogP contribution is -2.36. The Labute approximate surface area is 161 Å². The van der Waals surface area contributed by atoms with Crippen molar-refractivity contribution in [1.29, 1.82) is 0 Å². The molecule has 5 heteroatoms. The highest BCUT2D eigenvalue weighted by Crippen LogP contribution is 2.15. The van der Waals surface area contributed by atoms with Crippen LogP contribution >= 0.6 is 0 Å². The van der Waals surface area contributed by atoms with Crippen molar-refractivity contribution in [2.45, 2.75) is 46.0 Å². The number of amides is 1. The first-order valence-electron chi connectivity index (χ1n) is 10.1. The fraction of sp³-hybridized carbons (Fsp3) is 0.545. The number of likely N-dealkylation sites (tertiary alicyclic amines) is 1. The summed E-state index contributed by atoms with van der Waals surface area (Å²) in [4.78, 5) is 29.7. The summed E-state index contributed by atoms with van der Waals surface area (Å²) in [6.07, 6.45) is 4.41. The van der Waals surface area contributed by atoms with Crippen LogP contribution in [0.4, 0.5) is 0 Å². The average Bonchev–Trinajstić information content (AvgIpc) is 2.64. The number of piperidine rings is 1. The molecule has 1 aromatic heterocycles. The van der Waals surface area contributed by atoms with Crippen molar-refractivity contribution >= 4 is 16.8 Å². The minimum Gasteiger partial charge on any atom is -0.356 e. The minimum atomic E-state index is -0.0987. The Balaban J connectivity index is 1.43. The smallest absolute Gasteiger partial charge is 0.251 e. The van der Waals surface area contributed by atoms with Crippen LogP contribution in [0.2, 0.25) is 0 Å². The van der Waals surface area contributed by atoms with E-state index in [0.717, 1.165) is 35.3 Å². The van der Waals surface area contributed by atoms with Crippen LogP contribution in [0.3, 0.4) is 0 Å². The fourth-order valence-electron chi connectivity index (χ4n) is 3.91. The first-order chi connectivity index (χ1) is 13.0. The summed E-state index contributed by atoms with van der Waals surface area (Å²) in [6, 6.07) is 7.86. The molecule has 27 heavy (non-hydrogen) atoms. The summed E-state index contributed by atoms with van der Waals surface area (Å²) in [5, 5.41) is 4.01. The number of benzene rings is 1. The first kappa shape index (κ1) is 19.6. The van der Waals surface area contributed by atoms with E-state index < -0.39 is 0 Å². The normalized spacial score (nSPS) is 17.9. The number of H-pyrrole nitrogens is 1. The number of carbonyl (C=O) groups is 1. The minimum absolute atomic E-state index is 0.0192. The summed E-state index contributed by atoms with van der Waals surface area (Å²) in [7, 11) is 0. The third-order valence-corrected chi connectivity index (χ3v) is 5.41. The van der Waals surface area contributed by atoms with E-state index in [1.807, 2.05) is 25.1 Å². The Morgan fingerprint density at radius 3 is 3.00 bits per heavy atom. The molecule has 1 aliphatic heterocycles. The third-order valence-electron chi connectivity index (χ3n) is 5.41. The average molecular weight is 370 g/mol. The molecule has 2 aromatic rings. The molecule has 1 atom stereocenters. The van der Waals surface area contributed by atoms with Crippen LogP contribution in [0.25, 0.3) is 10.9 Å². The zero-order chi connectivity index (χ0) is 19.2. The molecular formula is C22H31N3O2. The van der Waals surface area contributed by atoms with E-state index in [4.69, 9.17) is 0 Å². The van der Waals surface area contributed by atoms with Crippen molar-refractivity contribution in [3.8, 4) is 0 Å². The summed E-state index contributed by atoms with van der Waals surface area (Å²) in [6.45, 7) is 8.46. The van der Waals surface area contributed by atoms with Crippen LogP contribution in [-0.2, 0) is 11.2 Å².